The summed E-state index contributed by atoms with van der Waals surface area (Å²) in [5.41, 5.74) is 1.56. The van der Waals surface area contributed by atoms with Crippen LogP contribution >= 0.6 is 23.2 Å². The predicted molar refractivity (Wildman–Crippen MR) is 99.7 cm³/mol. The van der Waals surface area contributed by atoms with E-state index in [1.807, 2.05) is 0 Å². The standard InChI is InChI=1S/C18H15Cl2N3O4/c1-18(11-4-3-5-14(8-11)27-2)16(25)23(17(26)21-18)22-15(24)10-6-12(19)9-13(20)7-10/h3-9H,1-2H3,(H,21,26)(H,22,24)/t18-/m1/s1. The number of amides is 4. The van der Waals surface area contributed by atoms with Crippen LogP contribution in [0, 0.1) is 0 Å². The molecule has 0 saturated carbocycles. The average molecular weight is 408 g/mol. The third kappa shape index (κ3) is 3.56. The van der Waals surface area contributed by atoms with Crippen molar-refractivity contribution in [3.63, 3.8) is 0 Å². The highest BCUT2D eigenvalue weighted by Crippen LogP contribution is 2.30. The first-order valence-corrected chi connectivity index (χ1v) is 8.58. The molecule has 2 aromatic carbocycles. The average Bonchev–Trinajstić information content (AvgIpc) is 2.85. The number of hydrogen-bond donors (Lipinski definition) is 2. The number of halogens is 2. The summed E-state index contributed by atoms with van der Waals surface area (Å²) in [4.78, 5) is 37.6. The van der Waals surface area contributed by atoms with Crippen LogP contribution in [0.25, 0.3) is 0 Å². The smallest absolute Gasteiger partial charge is 0.344 e. The van der Waals surface area contributed by atoms with Gasteiger partial charge in [-0.05, 0) is 42.8 Å². The minimum absolute atomic E-state index is 0.114. The van der Waals surface area contributed by atoms with Gasteiger partial charge in [0, 0.05) is 15.6 Å². The Kier molecular flexibility index (Phi) is 4.99. The van der Waals surface area contributed by atoms with E-state index >= 15 is 0 Å². The fourth-order valence-electron chi connectivity index (χ4n) is 2.72. The molecule has 2 aromatic rings. The molecule has 0 unspecified atom stereocenters. The van der Waals surface area contributed by atoms with E-state index in [0.717, 1.165) is 0 Å². The summed E-state index contributed by atoms with van der Waals surface area (Å²) >= 11 is 11.8. The number of imide groups is 1. The Balaban J connectivity index is 1.86. The number of ether oxygens (including phenoxy) is 1. The molecule has 9 heteroatoms. The summed E-state index contributed by atoms with van der Waals surface area (Å²) in [6.07, 6.45) is 0. The van der Waals surface area contributed by atoms with Crippen LogP contribution in [0.1, 0.15) is 22.8 Å². The fourth-order valence-corrected chi connectivity index (χ4v) is 3.25. The summed E-state index contributed by atoms with van der Waals surface area (Å²) in [5, 5.41) is 3.74. The molecule has 1 heterocycles. The lowest BCUT2D eigenvalue weighted by atomic mass is 9.92. The van der Waals surface area contributed by atoms with E-state index in [1.165, 1.54) is 25.3 Å². The Morgan fingerprint density at radius 3 is 2.44 bits per heavy atom. The number of hydrogen-bond acceptors (Lipinski definition) is 4. The van der Waals surface area contributed by atoms with Crippen molar-refractivity contribution in [3.8, 4) is 5.75 Å². The molecule has 140 valence electrons. The molecule has 1 aliphatic rings. The normalized spacial score (nSPS) is 19.0. The monoisotopic (exact) mass is 407 g/mol. The van der Waals surface area contributed by atoms with Crippen molar-refractivity contribution in [1.29, 1.82) is 0 Å². The molecule has 7 nitrogen and oxygen atoms in total. The zero-order chi connectivity index (χ0) is 19.8. The highest BCUT2D eigenvalue weighted by atomic mass is 35.5. The topological polar surface area (TPSA) is 87.7 Å². The minimum atomic E-state index is -1.36. The molecule has 27 heavy (non-hydrogen) atoms. The van der Waals surface area contributed by atoms with Gasteiger partial charge in [-0.3, -0.25) is 15.0 Å². The zero-order valence-corrected chi connectivity index (χ0v) is 15.9. The number of urea groups is 1. The van der Waals surface area contributed by atoms with Gasteiger partial charge in [0.2, 0.25) is 0 Å². The summed E-state index contributed by atoms with van der Waals surface area (Å²) in [6, 6.07) is 10.2. The number of carbonyl (C=O) groups is 3. The van der Waals surface area contributed by atoms with Crippen LogP contribution in [0.15, 0.2) is 42.5 Å². The van der Waals surface area contributed by atoms with Crippen molar-refractivity contribution in [2.24, 2.45) is 0 Å². The third-order valence-corrected chi connectivity index (χ3v) is 4.61. The lowest BCUT2D eigenvalue weighted by Gasteiger charge is -2.22. The third-order valence-electron chi connectivity index (χ3n) is 4.18. The molecule has 1 saturated heterocycles. The van der Waals surface area contributed by atoms with Crippen LogP contribution in [0.2, 0.25) is 10.0 Å². The number of benzene rings is 2. The van der Waals surface area contributed by atoms with Gasteiger partial charge in [0.05, 0.1) is 7.11 Å². The predicted octanol–water partition coefficient (Wildman–Crippen LogP) is 3.11. The maximum atomic E-state index is 12.9. The molecule has 1 fully saturated rings. The van der Waals surface area contributed by atoms with Crippen LogP contribution < -0.4 is 15.5 Å². The van der Waals surface area contributed by atoms with E-state index < -0.39 is 23.4 Å². The van der Waals surface area contributed by atoms with E-state index in [0.29, 0.717) is 16.3 Å². The zero-order valence-electron chi connectivity index (χ0n) is 14.4. The molecule has 0 bridgehead atoms. The minimum Gasteiger partial charge on any atom is -0.497 e. The van der Waals surface area contributed by atoms with Crippen LogP contribution in [0.4, 0.5) is 4.79 Å². The van der Waals surface area contributed by atoms with E-state index in [1.54, 1.807) is 31.2 Å². The molecule has 0 aromatic heterocycles. The highest BCUT2D eigenvalue weighted by Gasteiger charge is 2.50. The quantitative estimate of drug-likeness (QED) is 0.762. The van der Waals surface area contributed by atoms with Crippen molar-refractivity contribution in [1.82, 2.24) is 15.8 Å². The van der Waals surface area contributed by atoms with Gasteiger partial charge in [0.15, 0.2) is 0 Å². The summed E-state index contributed by atoms with van der Waals surface area (Å²) in [5.74, 6) is -0.799. The molecular formula is C18H15Cl2N3O4. The molecular weight excluding hydrogens is 393 g/mol. The van der Waals surface area contributed by atoms with Gasteiger partial charge in [-0.2, -0.15) is 5.01 Å². The van der Waals surface area contributed by atoms with Gasteiger partial charge >= 0.3 is 6.03 Å². The maximum Gasteiger partial charge on any atom is 0.344 e. The molecule has 4 amide bonds. The lowest BCUT2D eigenvalue weighted by Crippen LogP contribution is -2.47. The number of hydrazine groups is 1. The van der Waals surface area contributed by atoms with Crippen molar-refractivity contribution in [2.45, 2.75) is 12.5 Å². The van der Waals surface area contributed by atoms with Crippen molar-refractivity contribution in [2.75, 3.05) is 7.11 Å². The van der Waals surface area contributed by atoms with Gasteiger partial charge < -0.3 is 10.1 Å². The van der Waals surface area contributed by atoms with Gasteiger partial charge in [-0.25, -0.2) is 4.79 Å². The molecule has 0 aliphatic carbocycles. The van der Waals surface area contributed by atoms with Gasteiger partial charge in [-0.1, -0.05) is 35.3 Å². The Morgan fingerprint density at radius 2 is 1.81 bits per heavy atom. The van der Waals surface area contributed by atoms with Crippen molar-refractivity contribution < 1.29 is 19.1 Å². The van der Waals surface area contributed by atoms with Crippen LogP contribution in [-0.4, -0.2) is 30.0 Å². The first kappa shape index (κ1) is 19.0. The second kappa shape index (κ2) is 7.09. The number of methoxy groups -OCH3 is 1. The van der Waals surface area contributed by atoms with Gasteiger partial charge in [-0.15, -0.1) is 0 Å². The van der Waals surface area contributed by atoms with Crippen LogP contribution in [0.3, 0.4) is 0 Å². The SMILES string of the molecule is COc1cccc([C@@]2(C)NC(=O)N(NC(=O)c3cc(Cl)cc(Cl)c3)C2=O)c1. The van der Waals surface area contributed by atoms with Gasteiger partial charge in [0.25, 0.3) is 11.8 Å². The van der Waals surface area contributed by atoms with E-state index in [-0.39, 0.29) is 15.6 Å². The number of nitrogens with one attached hydrogen (secondary N) is 2. The number of nitrogens with zero attached hydrogens (tertiary/aromatic N) is 1. The Bertz CT molecular complexity index is 930. The molecule has 1 atom stereocenters. The van der Waals surface area contributed by atoms with Crippen LogP contribution in [-0.2, 0) is 10.3 Å². The second-order valence-corrected chi connectivity index (χ2v) is 6.90. The number of carbonyl (C=O) groups excluding carboxylic acids is 3. The summed E-state index contributed by atoms with van der Waals surface area (Å²) < 4.78 is 5.16. The van der Waals surface area contributed by atoms with Crippen LogP contribution in [0.5, 0.6) is 5.75 Å². The van der Waals surface area contributed by atoms with Crippen molar-refractivity contribution in [3.05, 3.63) is 63.6 Å². The maximum absolute atomic E-state index is 12.9. The lowest BCUT2D eigenvalue weighted by molar-refractivity contribution is -0.132. The second-order valence-electron chi connectivity index (χ2n) is 6.03. The van der Waals surface area contributed by atoms with E-state index in [4.69, 9.17) is 27.9 Å². The Labute approximate surface area is 165 Å². The molecule has 3 rings (SSSR count). The first-order valence-electron chi connectivity index (χ1n) is 7.83. The molecule has 0 spiro atoms. The largest absolute Gasteiger partial charge is 0.497 e. The summed E-state index contributed by atoms with van der Waals surface area (Å²) in [7, 11) is 1.50. The van der Waals surface area contributed by atoms with E-state index in [2.05, 4.69) is 10.7 Å². The fraction of sp³-hybridized carbons (Fsp3) is 0.167. The molecule has 0 radical (unpaired) electrons. The number of rotatable bonds is 4. The molecule has 2 N–H and O–H groups in total. The Hall–Kier alpha value is -2.77. The highest BCUT2D eigenvalue weighted by molar-refractivity contribution is 6.35. The Morgan fingerprint density at radius 1 is 1.15 bits per heavy atom. The van der Waals surface area contributed by atoms with Gasteiger partial charge in [0.1, 0.15) is 11.3 Å². The molecule has 1 aliphatic heterocycles. The first-order chi connectivity index (χ1) is 12.7. The summed E-state index contributed by atoms with van der Waals surface area (Å²) in [6.45, 7) is 1.55. The van der Waals surface area contributed by atoms with E-state index in [9.17, 15) is 14.4 Å². The van der Waals surface area contributed by atoms with Crippen molar-refractivity contribution >= 4 is 41.0 Å².